The summed E-state index contributed by atoms with van der Waals surface area (Å²) in [5.74, 6) is 0.893. The van der Waals surface area contributed by atoms with E-state index in [0.717, 1.165) is 25.9 Å². The summed E-state index contributed by atoms with van der Waals surface area (Å²) in [7, 11) is 0. The quantitative estimate of drug-likeness (QED) is 0.741. The van der Waals surface area contributed by atoms with E-state index < -0.39 is 0 Å². The van der Waals surface area contributed by atoms with Gasteiger partial charge in [-0.15, -0.1) is 0 Å². The summed E-state index contributed by atoms with van der Waals surface area (Å²) in [6.07, 6.45) is 1.96. The third kappa shape index (κ3) is 2.08. The van der Waals surface area contributed by atoms with Crippen LogP contribution >= 0.6 is 0 Å². The third-order valence-electron chi connectivity index (χ3n) is 3.46. The molecule has 0 aromatic heterocycles. The molecule has 0 aromatic carbocycles. The van der Waals surface area contributed by atoms with Crippen LogP contribution in [0.25, 0.3) is 0 Å². The van der Waals surface area contributed by atoms with Crippen LogP contribution in [-0.2, 0) is 4.79 Å². The first-order chi connectivity index (χ1) is 6.53. The molecule has 14 heavy (non-hydrogen) atoms. The number of carbonyl (C=O) groups is 1. The fourth-order valence-corrected chi connectivity index (χ4v) is 1.88. The minimum absolute atomic E-state index is 0.242. The highest BCUT2D eigenvalue weighted by atomic mass is 16.2. The maximum atomic E-state index is 12.1. The van der Waals surface area contributed by atoms with Crippen molar-refractivity contribution in [3.05, 3.63) is 0 Å². The van der Waals surface area contributed by atoms with Crippen molar-refractivity contribution < 1.29 is 4.79 Å². The van der Waals surface area contributed by atoms with Crippen molar-refractivity contribution in [3.63, 3.8) is 0 Å². The van der Waals surface area contributed by atoms with Crippen molar-refractivity contribution >= 4 is 5.91 Å². The Bertz CT molecular complexity index is 211. The van der Waals surface area contributed by atoms with Crippen LogP contribution in [0.2, 0.25) is 0 Å². The Morgan fingerprint density at radius 1 is 1.64 bits per heavy atom. The zero-order valence-electron chi connectivity index (χ0n) is 9.55. The highest BCUT2D eigenvalue weighted by molar-refractivity contribution is 5.82. The number of amides is 1. The van der Waals surface area contributed by atoms with Crippen molar-refractivity contribution in [1.82, 2.24) is 4.90 Å². The second-order valence-corrected chi connectivity index (χ2v) is 4.76. The molecule has 1 amide bonds. The van der Waals surface area contributed by atoms with Gasteiger partial charge in [-0.05, 0) is 25.7 Å². The molecule has 2 N–H and O–H groups in total. The number of carbonyl (C=O) groups excluding carboxylic acids is 1. The molecule has 0 radical (unpaired) electrons. The summed E-state index contributed by atoms with van der Waals surface area (Å²) in [5.41, 5.74) is 5.33. The van der Waals surface area contributed by atoms with Crippen molar-refractivity contribution in [3.8, 4) is 0 Å². The van der Waals surface area contributed by atoms with Gasteiger partial charge in [0.15, 0.2) is 0 Å². The van der Waals surface area contributed by atoms with E-state index in [0.29, 0.717) is 12.5 Å². The molecule has 1 rings (SSSR count). The molecule has 82 valence electrons. The molecule has 1 aliphatic heterocycles. The third-order valence-corrected chi connectivity index (χ3v) is 3.46. The van der Waals surface area contributed by atoms with Crippen molar-refractivity contribution in [2.45, 2.75) is 33.6 Å². The van der Waals surface area contributed by atoms with Crippen molar-refractivity contribution in [1.29, 1.82) is 0 Å². The van der Waals surface area contributed by atoms with E-state index in [1.807, 2.05) is 18.7 Å². The molecule has 1 aliphatic rings. The van der Waals surface area contributed by atoms with Crippen LogP contribution in [0.5, 0.6) is 0 Å². The van der Waals surface area contributed by atoms with E-state index in [2.05, 4.69) is 6.92 Å². The van der Waals surface area contributed by atoms with Gasteiger partial charge in [0.25, 0.3) is 0 Å². The van der Waals surface area contributed by atoms with Gasteiger partial charge in [-0.25, -0.2) is 0 Å². The van der Waals surface area contributed by atoms with Crippen molar-refractivity contribution in [2.75, 3.05) is 19.6 Å². The second kappa shape index (κ2) is 4.30. The van der Waals surface area contributed by atoms with Crippen LogP contribution < -0.4 is 5.73 Å². The normalized spacial score (nSPS) is 26.3. The molecular weight excluding hydrogens is 176 g/mol. The summed E-state index contributed by atoms with van der Waals surface area (Å²) in [6, 6.07) is 0. The van der Waals surface area contributed by atoms with Gasteiger partial charge in [0.2, 0.25) is 5.91 Å². The summed E-state index contributed by atoms with van der Waals surface area (Å²) < 4.78 is 0. The molecule has 3 heteroatoms. The van der Waals surface area contributed by atoms with Gasteiger partial charge in [-0.1, -0.05) is 13.8 Å². The van der Waals surface area contributed by atoms with Crippen LogP contribution in [0.4, 0.5) is 0 Å². The summed E-state index contributed by atoms with van der Waals surface area (Å²) in [6.45, 7) is 8.47. The fourth-order valence-electron chi connectivity index (χ4n) is 1.88. The van der Waals surface area contributed by atoms with E-state index in [1.165, 1.54) is 0 Å². The maximum absolute atomic E-state index is 12.1. The molecular formula is C11H22N2O. The molecule has 0 bridgehead atoms. The molecule has 3 nitrogen and oxygen atoms in total. The first-order valence-corrected chi connectivity index (χ1v) is 5.53. The van der Waals surface area contributed by atoms with Crippen LogP contribution in [0.1, 0.15) is 33.6 Å². The highest BCUT2D eigenvalue weighted by Gasteiger charge is 2.36. The Kier molecular flexibility index (Phi) is 3.53. The van der Waals surface area contributed by atoms with E-state index in [9.17, 15) is 4.79 Å². The van der Waals surface area contributed by atoms with Gasteiger partial charge in [-0.2, -0.15) is 0 Å². The number of hydrogen-bond donors (Lipinski definition) is 1. The topological polar surface area (TPSA) is 46.3 Å². The predicted molar refractivity (Wildman–Crippen MR) is 57.8 cm³/mol. The van der Waals surface area contributed by atoms with Gasteiger partial charge in [-0.3, -0.25) is 4.79 Å². The highest BCUT2D eigenvalue weighted by Crippen LogP contribution is 2.26. The molecule has 1 heterocycles. The predicted octanol–water partition coefficient (Wildman–Crippen LogP) is 1.23. The lowest BCUT2D eigenvalue weighted by Crippen LogP contribution is -2.45. The lowest BCUT2D eigenvalue weighted by Gasteiger charge is -2.30. The Morgan fingerprint density at radius 3 is 2.64 bits per heavy atom. The van der Waals surface area contributed by atoms with Gasteiger partial charge in [0, 0.05) is 19.6 Å². The largest absolute Gasteiger partial charge is 0.342 e. The minimum atomic E-state index is -0.343. The van der Waals surface area contributed by atoms with Gasteiger partial charge in [0.1, 0.15) is 0 Å². The van der Waals surface area contributed by atoms with E-state index in [4.69, 9.17) is 5.73 Å². The van der Waals surface area contributed by atoms with E-state index >= 15 is 0 Å². The van der Waals surface area contributed by atoms with Gasteiger partial charge < -0.3 is 10.6 Å². The minimum Gasteiger partial charge on any atom is -0.342 e. The number of hydrogen-bond acceptors (Lipinski definition) is 2. The monoisotopic (exact) mass is 198 g/mol. The fraction of sp³-hybridized carbons (Fsp3) is 0.909. The van der Waals surface area contributed by atoms with Crippen LogP contribution in [0, 0.1) is 11.3 Å². The number of rotatable bonds is 3. The summed E-state index contributed by atoms with van der Waals surface area (Å²) in [5, 5.41) is 0. The standard InChI is InChI=1S/C11H22N2O/c1-4-11(3,8-12)10(14)13-6-5-9(2)7-13/h9H,4-8,12H2,1-3H3. The number of nitrogens with zero attached hydrogens (tertiary/aromatic N) is 1. The van der Waals surface area contributed by atoms with Crippen LogP contribution in [-0.4, -0.2) is 30.4 Å². The Morgan fingerprint density at radius 2 is 2.29 bits per heavy atom. The molecule has 2 unspecified atom stereocenters. The second-order valence-electron chi connectivity index (χ2n) is 4.76. The Labute approximate surface area is 86.6 Å². The zero-order valence-corrected chi connectivity index (χ0v) is 9.55. The average molecular weight is 198 g/mol. The SMILES string of the molecule is CCC(C)(CN)C(=O)N1CCC(C)C1. The lowest BCUT2D eigenvalue weighted by molar-refractivity contribution is -0.139. The molecule has 0 aliphatic carbocycles. The lowest BCUT2D eigenvalue weighted by atomic mass is 9.86. The van der Waals surface area contributed by atoms with E-state index in [1.54, 1.807) is 0 Å². The van der Waals surface area contributed by atoms with Crippen molar-refractivity contribution in [2.24, 2.45) is 17.1 Å². The molecule has 1 saturated heterocycles. The van der Waals surface area contributed by atoms with Gasteiger partial charge >= 0.3 is 0 Å². The molecule has 0 saturated carbocycles. The van der Waals surface area contributed by atoms with Crippen LogP contribution in [0.15, 0.2) is 0 Å². The molecule has 2 atom stereocenters. The van der Waals surface area contributed by atoms with Gasteiger partial charge in [0.05, 0.1) is 5.41 Å². The number of nitrogens with two attached hydrogens (primary N) is 1. The Balaban J connectivity index is 2.64. The Hall–Kier alpha value is -0.570. The maximum Gasteiger partial charge on any atom is 0.229 e. The smallest absolute Gasteiger partial charge is 0.229 e. The number of likely N-dealkylation sites (tertiary alicyclic amines) is 1. The first-order valence-electron chi connectivity index (χ1n) is 5.53. The van der Waals surface area contributed by atoms with E-state index in [-0.39, 0.29) is 11.3 Å². The summed E-state index contributed by atoms with van der Waals surface area (Å²) in [4.78, 5) is 14.1. The molecule has 1 fully saturated rings. The molecule has 0 aromatic rings. The summed E-state index contributed by atoms with van der Waals surface area (Å²) >= 11 is 0. The van der Waals surface area contributed by atoms with Crippen LogP contribution in [0.3, 0.4) is 0 Å². The average Bonchev–Trinajstić information content (AvgIpc) is 2.62. The zero-order chi connectivity index (χ0) is 10.8. The first kappa shape index (κ1) is 11.5. The molecule has 0 spiro atoms.